The Hall–Kier alpha value is -1.05. The molecule has 56 valence electrons. The van der Waals surface area contributed by atoms with Crippen LogP contribution < -0.4 is 0 Å². The van der Waals surface area contributed by atoms with E-state index in [1.165, 1.54) is 13.0 Å². The lowest BCUT2D eigenvalue weighted by Crippen LogP contribution is -1.91. The van der Waals surface area contributed by atoms with E-state index in [0.717, 1.165) is 0 Å². The van der Waals surface area contributed by atoms with Gasteiger partial charge in [-0.3, -0.25) is 4.79 Å². The van der Waals surface area contributed by atoms with Gasteiger partial charge in [0.2, 0.25) is 0 Å². The number of rotatable bonds is 4. The Morgan fingerprint density at radius 1 is 1.60 bits per heavy atom. The molecule has 0 bridgehead atoms. The largest absolute Gasteiger partial charge is 0.494 e. The lowest BCUT2D eigenvalue weighted by atomic mass is 10.4. The second kappa shape index (κ2) is 4.79. The second-order valence-electron chi connectivity index (χ2n) is 1.97. The van der Waals surface area contributed by atoms with Gasteiger partial charge in [-0.1, -0.05) is 12.7 Å². The van der Waals surface area contributed by atoms with E-state index in [4.69, 9.17) is 4.74 Å². The molecule has 0 rings (SSSR count). The molecule has 0 aromatic heterocycles. The minimum Gasteiger partial charge on any atom is -0.494 e. The van der Waals surface area contributed by atoms with Crippen molar-refractivity contribution < 1.29 is 9.53 Å². The zero-order valence-electron chi connectivity index (χ0n) is 6.39. The standard InChI is InChI=1S/C8H12O2/c1-4-5-10-8(3)6-7(2)9/h4,6H,1,5H2,2-3H3. The summed E-state index contributed by atoms with van der Waals surface area (Å²) in [7, 11) is 0. The summed E-state index contributed by atoms with van der Waals surface area (Å²) in [4.78, 5) is 10.4. The highest BCUT2D eigenvalue weighted by atomic mass is 16.5. The summed E-state index contributed by atoms with van der Waals surface area (Å²) in [5.41, 5.74) is 0. The van der Waals surface area contributed by atoms with Crippen molar-refractivity contribution >= 4 is 5.78 Å². The molecule has 0 saturated carbocycles. The van der Waals surface area contributed by atoms with Crippen LogP contribution in [0.25, 0.3) is 0 Å². The van der Waals surface area contributed by atoms with E-state index in [1.807, 2.05) is 0 Å². The van der Waals surface area contributed by atoms with Crippen molar-refractivity contribution in [2.45, 2.75) is 13.8 Å². The van der Waals surface area contributed by atoms with Gasteiger partial charge >= 0.3 is 0 Å². The van der Waals surface area contributed by atoms with Crippen LogP contribution in [-0.2, 0) is 9.53 Å². The Balaban J connectivity index is 3.70. The van der Waals surface area contributed by atoms with Gasteiger partial charge in [0.05, 0.1) is 5.76 Å². The molecule has 0 radical (unpaired) electrons. The van der Waals surface area contributed by atoms with E-state index in [-0.39, 0.29) is 5.78 Å². The predicted octanol–water partition coefficient (Wildman–Crippen LogP) is 1.68. The number of ketones is 1. The monoisotopic (exact) mass is 140 g/mol. The van der Waals surface area contributed by atoms with Crippen LogP contribution in [0.1, 0.15) is 13.8 Å². The summed E-state index contributed by atoms with van der Waals surface area (Å²) in [6.07, 6.45) is 3.08. The highest BCUT2D eigenvalue weighted by Gasteiger charge is 1.89. The molecule has 0 saturated heterocycles. The molecule has 10 heavy (non-hydrogen) atoms. The lowest BCUT2D eigenvalue weighted by Gasteiger charge is -1.99. The number of ether oxygens (including phenoxy) is 1. The zero-order valence-corrected chi connectivity index (χ0v) is 6.39. The Kier molecular flexibility index (Phi) is 4.29. The molecule has 0 aliphatic heterocycles. The topological polar surface area (TPSA) is 26.3 Å². The molecule has 0 heterocycles. The fraction of sp³-hybridized carbons (Fsp3) is 0.375. The average molecular weight is 140 g/mol. The highest BCUT2D eigenvalue weighted by molar-refractivity contribution is 5.87. The maximum Gasteiger partial charge on any atom is 0.155 e. The highest BCUT2D eigenvalue weighted by Crippen LogP contribution is 1.94. The first-order chi connectivity index (χ1) is 4.66. The van der Waals surface area contributed by atoms with Gasteiger partial charge in [0.25, 0.3) is 0 Å². The first-order valence-corrected chi connectivity index (χ1v) is 3.09. The van der Waals surface area contributed by atoms with Gasteiger partial charge < -0.3 is 4.74 Å². The molecule has 0 unspecified atom stereocenters. The van der Waals surface area contributed by atoms with Crippen LogP contribution in [0, 0.1) is 0 Å². The van der Waals surface area contributed by atoms with E-state index in [2.05, 4.69) is 6.58 Å². The minimum absolute atomic E-state index is 0.00145. The van der Waals surface area contributed by atoms with Crippen LogP contribution >= 0.6 is 0 Å². The first-order valence-electron chi connectivity index (χ1n) is 3.09. The summed E-state index contributed by atoms with van der Waals surface area (Å²) in [6.45, 7) is 7.16. The van der Waals surface area contributed by atoms with Crippen molar-refractivity contribution in [1.29, 1.82) is 0 Å². The number of hydrogen-bond donors (Lipinski definition) is 0. The van der Waals surface area contributed by atoms with E-state index in [1.54, 1.807) is 13.0 Å². The molecular weight excluding hydrogens is 128 g/mol. The van der Waals surface area contributed by atoms with E-state index >= 15 is 0 Å². The Bertz CT molecular complexity index is 157. The molecule has 0 aromatic rings. The molecule has 0 fully saturated rings. The zero-order chi connectivity index (χ0) is 7.98. The SMILES string of the molecule is C=CCOC(C)=CC(C)=O. The van der Waals surface area contributed by atoms with Crippen molar-refractivity contribution in [1.82, 2.24) is 0 Å². The summed E-state index contributed by atoms with van der Waals surface area (Å²) in [5.74, 6) is 0.633. The Morgan fingerprint density at radius 3 is 2.60 bits per heavy atom. The fourth-order valence-corrected chi connectivity index (χ4v) is 0.518. The third-order valence-corrected chi connectivity index (χ3v) is 0.835. The van der Waals surface area contributed by atoms with Gasteiger partial charge in [0.1, 0.15) is 6.61 Å². The number of hydrogen-bond acceptors (Lipinski definition) is 2. The van der Waals surface area contributed by atoms with Crippen LogP contribution in [0.4, 0.5) is 0 Å². The number of carbonyl (C=O) groups is 1. The smallest absolute Gasteiger partial charge is 0.155 e. The van der Waals surface area contributed by atoms with Gasteiger partial charge in [-0.25, -0.2) is 0 Å². The maximum absolute atomic E-state index is 10.4. The van der Waals surface area contributed by atoms with E-state index < -0.39 is 0 Å². The molecule has 0 aliphatic carbocycles. The van der Waals surface area contributed by atoms with Crippen LogP contribution in [0.2, 0.25) is 0 Å². The minimum atomic E-state index is 0.00145. The quantitative estimate of drug-likeness (QED) is 0.337. The summed E-state index contributed by atoms with van der Waals surface area (Å²) in [5, 5.41) is 0. The summed E-state index contributed by atoms with van der Waals surface area (Å²) in [6, 6.07) is 0. The third kappa shape index (κ3) is 5.09. The molecule has 0 atom stereocenters. The molecule has 0 N–H and O–H groups in total. The molecule has 0 aliphatic rings. The van der Waals surface area contributed by atoms with Crippen molar-refractivity contribution in [2.75, 3.05) is 6.61 Å². The molecule has 2 nitrogen and oxygen atoms in total. The second-order valence-corrected chi connectivity index (χ2v) is 1.97. The van der Waals surface area contributed by atoms with Crippen molar-refractivity contribution in [3.63, 3.8) is 0 Å². The lowest BCUT2D eigenvalue weighted by molar-refractivity contribution is -0.112. The van der Waals surface area contributed by atoms with Gasteiger partial charge in [-0.2, -0.15) is 0 Å². The molecule has 0 spiro atoms. The van der Waals surface area contributed by atoms with Crippen LogP contribution in [0.5, 0.6) is 0 Å². The van der Waals surface area contributed by atoms with Gasteiger partial charge in [-0.05, 0) is 13.8 Å². The number of allylic oxidation sites excluding steroid dienone is 2. The Labute approximate surface area is 61.2 Å². The average Bonchev–Trinajstić information content (AvgIpc) is 1.82. The fourth-order valence-electron chi connectivity index (χ4n) is 0.518. The summed E-state index contributed by atoms with van der Waals surface area (Å²) < 4.78 is 5.02. The van der Waals surface area contributed by atoms with Gasteiger partial charge in [-0.15, -0.1) is 0 Å². The maximum atomic E-state index is 10.4. The molecule has 0 amide bonds. The number of carbonyl (C=O) groups excluding carboxylic acids is 1. The Morgan fingerprint density at radius 2 is 2.20 bits per heavy atom. The van der Waals surface area contributed by atoms with Crippen LogP contribution in [-0.4, -0.2) is 12.4 Å². The normalized spacial score (nSPS) is 10.8. The van der Waals surface area contributed by atoms with Crippen molar-refractivity contribution in [2.24, 2.45) is 0 Å². The van der Waals surface area contributed by atoms with E-state index in [0.29, 0.717) is 12.4 Å². The van der Waals surface area contributed by atoms with Crippen molar-refractivity contribution in [3.05, 3.63) is 24.5 Å². The first kappa shape index (κ1) is 8.95. The van der Waals surface area contributed by atoms with Crippen LogP contribution in [0.3, 0.4) is 0 Å². The third-order valence-electron chi connectivity index (χ3n) is 0.835. The van der Waals surface area contributed by atoms with Crippen molar-refractivity contribution in [3.8, 4) is 0 Å². The summed E-state index contributed by atoms with van der Waals surface area (Å²) >= 11 is 0. The van der Waals surface area contributed by atoms with Crippen LogP contribution in [0.15, 0.2) is 24.5 Å². The van der Waals surface area contributed by atoms with E-state index in [9.17, 15) is 4.79 Å². The molecule has 2 heteroatoms. The van der Waals surface area contributed by atoms with Gasteiger partial charge in [0, 0.05) is 6.08 Å². The molecule has 0 aromatic carbocycles. The van der Waals surface area contributed by atoms with Gasteiger partial charge in [0.15, 0.2) is 5.78 Å². The predicted molar refractivity (Wildman–Crippen MR) is 40.6 cm³/mol. The molecular formula is C8H12O2.